The van der Waals surface area contributed by atoms with E-state index in [1.165, 1.54) is 0 Å². The van der Waals surface area contributed by atoms with Crippen molar-refractivity contribution in [2.45, 2.75) is 58.5 Å². The van der Waals surface area contributed by atoms with E-state index in [1.54, 1.807) is 12.1 Å². The lowest BCUT2D eigenvalue weighted by Crippen LogP contribution is -2.34. The average molecular weight is 541 g/mol. The van der Waals surface area contributed by atoms with Crippen molar-refractivity contribution >= 4 is 22.5 Å². The van der Waals surface area contributed by atoms with Crippen molar-refractivity contribution < 1.29 is 9.72 Å². The van der Waals surface area contributed by atoms with Crippen LogP contribution >= 0.6 is 0 Å². The molecular weight excluding hydrogens is 500 g/mol. The summed E-state index contributed by atoms with van der Waals surface area (Å²) in [6.45, 7) is 10.1. The third-order valence-electron chi connectivity index (χ3n) is 7.68. The van der Waals surface area contributed by atoms with Crippen LogP contribution in [0.4, 0.5) is 5.69 Å². The van der Waals surface area contributed by atoms with Crippen LogP contribution in [0.15, 0.2) is 85.1 Å². The Morgan fingerprint density at radius 3 is 2.33 bits per heavy atom. The summed E-state index contributed by atoms with van der Waals surface area (Å²) in [5.74, 6) is -0.260. The molecule has 0 saturated heterocycles. The number of carbonyl (C=O) groups is 1. The Morgan fingerprint density at radius 2 is 1.68 bits per heavy atom. The number of non-ortho nitro benzene ring substituents is 1. The van der Waals surface area contributed by atoms with Crippen LogP contribution in [-0.2, 0) is 11.3 Å². The zero-order valence-corrected chi connectivity index (χ0v) is 23.8. The minimum Gasteiger partial charge on any atom is -0.354 e. The van der Waals surface area contributed by atoms with Gasteiger partial charge in [0.05, 0.1) is 4.92 Å². The largest absolute Gasteiger partial charge is 0.354 e. The topological polar surface area (TPSA) is 80.4 Å². The summed E-state index contributed by atoms with van der Waals surface area (Å²) < 4.78 is 2.13. The second kappa shape index (κ2) is 13.9. The van der Waals surface area contributed by atoms with E-state index in [2.05, 4.69) is 53.9 Å². The number of amides is 1. The molecule has 4 rings (SSSR count). The number of rotatable bonds is 14. The van der Waals surface area contributed by atoms with E-state index in [-0.39, 0.29) is 34.9 Å². The predicted octanol–water partition coefficient (Wildman–Crippen LogP) is 6.75. The Bertz CT molecular complexity index is 1400. The Hall–Kier alpha value is -3.97. The highest BCUT2D eigenvalue weighted by molar-refractivity contribution is 5.88. The summed E-state index contributed by atoms with van der Waals surface area (Å²) >= 11 is 0. The number of nitrogens with zero attached hydrogens (tertiary/aromatic N) is 3. The Labute approximate surface area is 237 Å². The Kier molecular flexibility index (Phi) is 10.1. The normalized spacial score (nSPS) is 12.9. The van der Waals surface area contributed by atoms with Gasteiger partial charge in [0.25, 0.3) is 5.69 Å². The molecule has 40 heavy (non-hydrogen) atoms. The first-order valence-electron chi connectivity index (χ1n) is 14.3. The number of fused-ring (bicyclic) bond motifs is 1. The third-order valence-corrected chi connectivity index (χ3v) is 7.68. The highest BCUT2D eigenvalue weighted by atomic mass is 16.6. The zero-order valence-electron chi connectivity index (χ0n) is 23.8. The molecule has 0 aliphatic heterocycles. The molecule has 3 aromatic carbocycles. The maximum absolute atomic E-state index is 13.4. The molecule has 0 fully saturated rings. The number of nitrogens with one attached hydrogen (secondary N) is 1. The molecule has 1 amide bonds. The van der Waals surface area contributed by atoms with Crippen LogP contribution in [0.1, 0.15) is 62.6 Å². The molecule has 0 radical (unpaired) electrons. The van der Waals surface area contributed by atoms with E-state index < -0.39 is 0 Å². The minimum atomic E-state index is -0.359. The van der Waals surface area contributed by atoms with Gasteiger partial charge in [-0.3, -0.25) is 14.9 Å². The molecular formula is C33H40N4O3. The van der Waals surface area contributed by atoms with Crippen molar-refractivity contribution in [2.75, 3.05) is 19.6 Å². The number of carbonyl (C=O) groups excluding carboxylic acids is 1. The number of nitro benzene ring substituents is 1. The molecule has 7 nitrogen and oxygen atoms in total. The van der Waals surface area contributed by atoms with Crippen molar-refractivity contribution in [3.8, 4) is 0 Å². The van der Waals surface area contributed by atoms with Crippen molar-refractivity contribution in [2.24, 2.45) is 0 Å². The van der Waals surface area contributed by atoms with Gasteiger partial charge in [-0.1, -0.05) is 74.5 Å². The third kappa shape index (κ3) is 7.36. The van der Waals surface area contributed by atoms with Crippen molar-refractivity contribution in [3.05, 3.63) is 112 Å². The van der Waals surface area contributed by atoms with Crippen molar-refractivity contribution in [1.82, 2.24) is 14.8 Å². The van der Waals surface area contributed by atoms with E-state index in [1.807, 2.05) is 54.6 Å². The van der Waals surface area contributed by atoms with Gasteiger partial charge in [0.1, 0.15) is 0 Å². The van der Waals surface area contributed by atoms with Gasteiger partial charge < -0.3 is 14.8 Å². The highest BCUT2D eigenvalue weighted by Crippen LogP contribution is 2.36. The van der Waals surface area contributed by atoms with Crippen molar-refractivity contribution in [3.63, 3.8) is 0 Å². The van der Waals surface area contributed by atoms with Crippen LogP contribution in [0.3, 0.4) is 0 Å². The molecule has 0 saturated carbocycles. The second-order valence-corrected chi connectivity index (χ2v) is 10.5. The minimum absolute atomic E-state index is 0.0152. The van der Waals surface area contributed by atoms with Crippen LogP contribution in [0.5, 0.6) is 0 Å². The predicted molar refractivity (Wildman–Crippen MR) is 162 cm³/mol. The van der Waals surface area contributed by atoms with Gasteiger partial charge in [-0.05, 0) is 62.2 Å². The van der Waals surface area contributed by atoms with Crippen LogP contribution in [0.25, 0.3) is 10.9 Å². The molecule has 0 spiro atoms. The lowest BCUT2D eigenvalue weighted by molar-refractivity contribution is -0.384. The summed E-state index contributed by atoms with van der Waals surface area (Å²) in [5, 5.41) is 15.7. The van der Waals surface area contributed by atoms with Gasteiger partial charge in [0.15, 0.2) is 0 Å². The number of aromatic nitrogens is 1. The SMILES string of the molecule is CCN(CC)CCC[C@@H](C)NC(=O)C[C@H](c1ccccc1)c1cn(Cc2ccccc2)c2ccc([N+](=O)[O-])cc12. The number of nitro groups is 1. The van der Waals surface area contributed by atoms with E-state index >= 15 is 0 Å². The fraction of sp³-hybridized carbons (Fsp3) is 0.364. The maximum Gasteiger partial charge on any atom is 0.270 e. The first-order valence-corrected chi connectivity index (χ1v) is 14.3. The summed E-state index contributed by atoms with van der Waals surface area (Å²) in [7, 11) is 0. The summed E-state index contributed by atoms with van der Waals surface area (Å²) in [5.41, 5.74) is 4.03. The van der Waals surface area contributed by atoms with E-state index in [9.17, 15) is 14.9 Å². The lowest BCUT2D eigenvalue weighted by Gasteiger charge is -2.21. The molecule has 0 unspecified atom stereocenters. The van der Waals surface area contributed by atoms with Gasteiger partial charge in [-0.25, -0.2) is 0 Å². The van der Waals surface area contributed by atoms with Crippen LogP contribution in [0, 0.1) is 10.1 Å². The molecule has 0 aliphatic rings. The van der Waals surface area contributed by atoms with Gasteiger partial charge in [-0.15, -0.1) is 0 Å². The fourth-order valence-corrected chi connectivity index (χ4v) is 5.46. The van der Waals surface area contributed by atoms with Gasteiger partial charge >= 0.3 is 0 Å². The monoisotopic (exact) mass is 540 g/mol. The number of benzene rings is 3. The van der Waals surface area contributed by atoms with Gasteiger partial charge in [0.2, 0.25) is 5.91 Å². The quantitative estimate of drug-likeness (QED) is 0.142. The Morgan fingerprint density at radius 1 is 1.00 bits per heavy atom. The number of hydrogen-bond acceptors (Lipinski definition) is 4. The number of hydrogen-bond donors (Lipinski definition) is 1. The zero-order chi connectivity index (χ0) is 28.5. The summed E-state index contributed by atoms with van der Waals surface area (Å²) in [6.07, 6.45) is 4.28. The first-order chi connectivity index (χ1) is 19.4. The van der Waals surface area contributed by atoms with Crippen LogP contribution in [0.2, 0.25) is 0 Å². The molecule has 4 aromatic rings. The van der Waals surface area contributed by atoms with Crippen LogP contribution in [-0.4, -0.2) is 46.0 Å². The summed E-state index contributed by atoms with van der Waals surface area (Å²) in [6, 6.07) is 25.2. The molecule has 0 bridgehead atoms. The van der Waals surface area contributed by atoms with Crippen molar-refractivity contribution in [1.29, 1.82) is 0 Å². The van der Waals surface area contributed by atoms with E-state index in [0.29, 0.717) is 6.54 Å². The maximum atomic E-state index is 13.4. The Balaban J connectivity index is 1.64. The molecule has 7 heteroatoms. The lowest BCUT2D eigenvalue weighted by atomic mass is 9.88. The first kappa shape index (κ1) is 29.0. The van der Waals surface area contributed by atoms with E-state index in [4.69, 9.17) is 0 Å². The molecule has 1 aromatic heterocycles. The molecule has 0 aliphatic carbocycles. The van der Waals surface area contributed by atoms with Gasteiger partial charge in [-0.2, -0.15) is 0 Å². The molecule has 1 N–H and O–H groups in total. The van der Waals surface area contributed by atoms with Crippen LogP contribution < -0.4 is 5.32 Å². The fourth-order valence-electron chi connectivity index (χ4n) is 5.46. The molecule has 1 heterocycles. The highest BCUT2D eigenvalue weighted by Gasteiger charge is 2.25. The van der Waals surface area contributed by atoms with Gasteiger partial charge in [0, 0.05) is 54.2 Å². The average Bonchev–Trinajstić information content (AvgIpc) is 3.32. The summed E-state index contributed by atoms with van der Waals surface area (Å²) in [4.78, 5) is 27.1. The molecule has 210 valence electrons. The smallest absolute Gasteiger partial charge is 0.270 e. The van der Waals surface area contributed by atoms with E-state index in [0.717, 1.165) is 60.1 Å². The standard InChI is InChI=1S/C33H40N4O3/c1-4-35(5-2)20-12-13-25(3)34-33(38)22-29(27-16-10-7-11-17-27)31-24-36(23-26-14-8-6-9-15-26)32-19-18-28(37(39)40)21-30(31)32/h6-11,14-19,21,24-25,29H,4-5,12-13,20,22-23H2,1-3H3,(H,34,38)/t25-,29-/m1/s1. The molecule has 2 atom stereocenters. The second-order valence-electron chi connectivity index (χ2n) is 10.5.